The maximum absolute atomic E-state index is 5.99. The van der Waals surface area contributed by atoms with Crippen molar-refractivity contribution in [1.29, 1.82) is 0 Å². The predicted molar refractivity (Wildman–Crippen MR) is 73.1 cm³/mol. The largest absolute Gasteiger partial charge is 0.471 e. The molecule has 6 nitrogen and oxygen atoms in total. The van der Waals surface area contributed by atoms with Gasteiger partial charge in [-0.05, 0) is 33.6 Å². The normalized spacial score (nSPS) is 16.0. The summed E-state index contributed by atoms with van der Waals surface area (Å²) in [6, 6.07) is 0. The Morgan fingerprint density at radius 1 is 1.21 bits per heavy atom. The first kappa shape index (κ1) is 12.2. The first-order valence-corrected chi connectivity index (χ1v) is 6.54. The molecule has 0 bridgehead atoms. The minimum Gasteiger partial charge on any atom is -0.471 e. The molecule has 6 heteroatoms. The Morgan fingerprint density at radius 3 is 2.47 bits per heavy atom. The first-order chi connectivity index (χ1) is 8.85. The zero-order chi connectivity index (χ0) is 13.8. The highest BCUT2D eigenvalue weighted by atomic mass is 16.5. The van der Waals surface area contributed by atoms with Crippen LogP contribution < -0.4 is 10.5 Å². The number of hydrogen-bond acceptors (Lipinski definition) is 5. The fourth-order valence-corrected chi connectivity index (χ4v) is 2.02. The van der Waals surface area contributed by atoms with Gasteiger partial charge in [-0.3, -0.25) is 0 Å². The second kappa shape index (κ2) is 3.82. The summed E-state index contributed by atoms with van der Waals surface area (Å²) in [5, 5.41) is 4.36. The number of anilines is 1. The maximum Gasteiger partial charge on any atom is 0.239 e. The van der Waals surface area contributed by atoms with E-state index in [9.17, 15) is 0 Å². The number of fused-ring (bicyclic) bond motifs is 1. The van der Waals surface area contributed by atoms with Crippen molar-refractivity contribution in [2.75, 3.05) is 5.73 Å². The highest BCUT2D eigenvalue weighted by Crippen LogP contribution is 2.40. The van der Waals surface area contributed by atoms with Crippen molar-refractivity contribution < 1.29 is 4.74 Å². The SMILES string of the molecule is Cn1nc2c(N)nc(C3CC3)nc2c1OC(C)(C)C. The van der Waals surface area contributed by atoms with Crippen LogP contribution in [-0.4, -0.2) is 25.3 Å². The van der Waals surface area contributed by atoms with Crippen LogP contribution in [0.2, 0.25) is 0 Å². The van der Waals surface area contributed by atoms with Crippen molar-refractivity contribution in [3.05, 3.63) is 5.82 Å². The average molecular weight is 261 g/mol. The van der Waals surface area contributed by atoms with E-state index in [1.807, 2.05) is 27.8 Å². The van der Waals surface area contributed by atoms with Gasteiger partial charge in [0.15, 0.2) is 16.9 Å². The summed E-state index contributed by atoms with van der Waals surface area (Å²) in [6.07, 6.45) is 2.28. The lowest BCUT2D eigenvalue weighted by atomic mass is 10.2. The Labute approximate surface area is 112 Å². The minimum absolute atomic E-state index is 0.305. The fraction of sp³-hybridized carbons (Fsp3) is 0.615. The number of aromatic nitrogens is 4. The van der Waals surface area contributed by atoms with Crippen LogP contribution in [0.15, 0.2) is 0 Å². The Morgan fingerprint density at radius 2 is 1.89 bits per heavy atom. The fourth-order valence-electron chi connectivity index (χ4n) is 2.02. The molecule has 0 aromatic carbocycles. The van der Waals surface area contributed by atoms with Gasteiger partial charge in [0, 0.05) is 13.0 Å². The molecule has 19 heavy (non-hydrogen) atoms. The number of rotatable bonds is 2. The zero-order valence-corrected chi connectivity index (χ0v) is 11.8. The average Bonchev–Trinajstić information content (AvgIpc) is 3.07. The Bertz CT molecular complexity index is 637. The zero-order valence-electron chi connectivity index (χ0n) is 11.8. The standard InChI is InChI=1S/C13H19N5O/c1-13(2,3)19-12-9-8(17-18(12)4)10(14)16-11(15-9)7-5-6-7/h7H,5-6H2,1-4H3,(H2,14,15,16). The van der Waals surface area contributed by atoms with Gasteiger partial charge in [-0.1, -0.05) is 0 Å². The van der Waals surface area contributed by atoms with E-state index in [0.717, 1.165) is 18.7 Å². The van der Waals surface area contributed by atoms with Crippen LogP contribution >= 0.6 is 0 Å². The van der Waals surface area contributed by atoms with Crippen LogP contribution in [0, 0.1) is 0 Å². The van der Waals surface area contributed by atoms with Gasteiger partial charge in [-0.2, -0.15) is 5.10 Å². The molecular weight excluding hydrogens is 242 g/mol. The van der Waals surface area contributed by atoms with Gasteiger partial charge in [-0.25, -0.2) is 14.6 Å². The topological polar surface area (TPSA) is 78.9 Å². The van der Waals surface area contributed by atoms with Gasteiger partial charge in [0.1, 0.15) is 11.4 Å². The summed E-state index contributed by atoms with van der Waals surface area (Å²) in [5.41, 5.74) is 7.01. The molecule has 0 atom stereocenters. The molecule has 3 rings (SSSR count). The van der Waals surface area contributed by atoms with E-state index in [-0.39, 0.29) is 5.60 Å². The van der Waals surface area contributed by atoms with Gasteiger partial charge < -0.3 is 10.5 Å². The van der Waals surface area contributed by atoms with E-state index in [1.165, 1.54) is 0 Å². The molecule has 0 spiro atoms. The third kappa shape index (κ3) is 2.22. The third-order valence-corrected chi connectivity index (χ3v) is 3.02. The van der Waals surface area contributed by atoms with Gasteiger partial charge in [0.25, 0.3) is 0 Å². The predicted octanol–water partition coefficient (Wildman–Crippen LogP) is 2.00. The summed E-state index contributed by atoms with van der Waals surface area (Å²) < 4.78 is 7.63. The Balaban J connectivity index is 2.17. The number of nitrogens with zero attached hydrogens (tertiary/aromatic N) is 4. The van der Waals surface area contributed by atoms with Crippen LogP contribution in [0.5, 0.6) is 5.88 Å². The molecule has 2 aromatic heterocycles. The molecule has 0 radical (unpaired) electrons. The molecule has 102 valence electrons. The van der Waals surface area contributed by atoms with Crippen molar-refractivity contribution in [3.63, 3.8) is 0 Å². The monoisotopic (exact) mass is 261 g/mol. The molecule has 2 aromatic rings. The number of nitrogens with two attached hydrogens (primary N) is 1. The quantitative estimate of drug-likeness (QED) is 0.894. The highest BCUT2D eigenvalue weighted by Gasteiger charge is 2.29. The van der Waals surface area contributed by atoms with Crippen molar-refractivity contribution in [1.82, 2.24) is 19.7 Å². The van der Waals surface area contributed by atoms with Crippen molar-refractivity contribution in [2.45, 2.75) is 45.1 Å². The molecule has 0 amide bonds. The molecular formula is C13H19N5O. The van der Waals surface area contributed by atoms with E-state index in [0.29, 0.717) is 28.6 Å². The van der Waals surface area contributed by atoms with Gasteiger partial charge >= 0.3 is 0 Å². The Kier molecular flexibility index (Phi) is 2.45. The molecule has 2 N–H and O–H groups in total. The smallest absolute Gasteiger partial charge is 0.239 e. The summed E-state index contributed by atoms with van der Waals surface area (Å²) in [6.45, 7) is 5.99. The van der Waals surface area contributed by atoms with E-state index < -0.39 is 0 Å². The first-order valence-electron chi connectivity index (χ1n) is 6.54. The second-order valence-electron chi connectivity index (χ2n) is 6.08. The summed E-state index contributed by atoms with van der Waals surface area (Å²) in [7, 11) is 1.83. The maximum atomic E-state index is 5.99. The highest BCUT2D eigenvalue weighted by molar-refractivity contribution is 5.88. The van der Waals surface area contributed by atoms with Crippen LogP contribution in [0.4, 0.5) is 5.82 Å². The molecule has 1 saturated carbocycles. The van der Waals surface area contributed by atoms with Gasteiger partial charge in [0.2, 0.25) is 5.88 Å². The molecule has 0 saturated heterocycles. The lowest BCUT2D eigenvalue weighted by Crippen LogP contribution is -2.24. The van der Waals surface area contributed by atoms with Crippen LogP contribution in [0.25, 0.3) is 11.0 Å². The van der Waals surface area contributed by atoms with Gasteiger partial charge in [0.05, 0.1) is 0 Å². The lowest BCUT2D eigenvalue weighted by molar-refractivity contribution is 0.119. The Hall–Kier alpha value is -1.85. The number of hydrogen-bond donors (Lipinski definition) is 1. The van der Waals surface area contributed by atoms with Crippen molar-refractivity contribution in [2.24, 2.45) is 7.05 Å². The lowest BCUT2D eigenvalue weighted by Gasteiger charge is -2.20. The third-order valence-electron chi connectivity index (χ3n) is 3.02. The summed E-state index contributed by atoms with van der Waals surface area (Å²) in [4.78, 5) is 8.95. The van der Waals surface area contributed by atoms with E-state index in [1.54, 1.807) is 4.68 Å². The summed E-state index contributed by atoms with van der Waals surface area (Å²) >= 11 is 0. The molecule has 1 aliphatic carbocycles. The molecule has 0 aliphatic heterocycles. The molecule has 2 heterocycles. The van der Waals surface area contributed by atoms with Crippen LogP contribution in [-0.2, 0) is 7.05 Å². The number of ether oxygens (including phenoxy) is 1. The van der Waals surface area contributed by atoms with Crippen LogP contribution in [0.3, 0.4) is 0 Å². The molecule has 0 unspecified atom stereocenters. The van der Waals surface area contributed by atoms with Crippen molar-refractivity contribution in [3.8, 4) is 5.88 Å². The molecule has 1 fully saturated rings. The molecule has 1 aliphatic rings. The van der Waals surface area contributed by atoms with E-state index in [2.05, 4.69) is 15.1 Å². The number of nitrogen functional groups attached to an aromatic ring is 1. The minimum atomic E-state index is -0.305. The van der Waals surface area contributed by atoms with Gasteiger partial charge in [-0.15, -0.1) is 0 Å². The van der Waals surface area contributed by atoms with E-state index in [4.69, 9.17) is 10.5 Å². The van der Waals surface area contributed by atoms with Crippen molar-refractivity contribution >= 4 is 16.9 Å². The van der Waals surface area contributed by atoms with E-state index >= 15 is 0 Å². The number of aryl methyl sites for hydroxylation is 1. The van der Waals surface area contributed by atoms with Crippen LogP contribution in [0.1, 0.15) is 45.4 Å². The second-order valence-corrected chi connectivity index (χ2v) is 6.08. The summed E-state index contributed by atoms with van der Waals surface area (Å²) in [5.74, 6) is 2.36.